The second kappa shape index (κ2) is 7.20. The first-order chi connectivity index (χ1) is 14.9. The van der Waals surface area contributed by atoms with E-state index in [4.69, 9.17) is 0 Å². The van der Waals surface area contributed by atoms with Gasteiger partial charge in [-0.25, -0.2) is 0 Å². The summed E-state index contributed by atoms with van der Waals surface area (Å²) in [4.78, 5) is 9.25. The molecule has 0 saturated carbocycles. The fraction of sp³-hybridized carbons (Fsp3) is 0.0769. The molecule has 0 saturated heterocycles. The molecule has 0 aliphatic heterocycles. The van der Waals surface area contributed by atoms with Crippen LogP contribution >= 0.6 is 0 Å². The van der Waals surface area contributed by atoms with Gasteiger partial charge in [-0.1, -0.05) is 54.1 Å². The van der Waals surface area contributed by atoms with E-state index < -0.39 is 11.7 Å². The van der Waals surface area contributed by atoms with Crippen LogP contribution in [0.25, 0.3) is 44.1 Å². The van der Waals surface area contributed by atoms with Crippen molar-refractivity contribution < 1.29 is 13.2 Å². The number of alkyl halides is 3. The van der Waals surface area contributed by atoms with Crippen LogP contribution in [0.3, 0.4) is 0 Å². The molecule has 3 aromatic carbocycles. The molecule has 0 N–H and O–H groups in total. The lowest BCUT2D eigenvalue weighted by atomic mass is 10.0. The lowest BCUT2D eigenvalue weighted by Gasteiger charge is -2.09. The van der Waals surface area contributed by atoms with Gasteiger partial charge in [0, 0.05) is 34.3 Å². The number of aryl methyl sites for hydroxylation is 1. The molecule has 2 nitrogen and oxygen atoms in total. The van der Waals surface area contributed by atoms with Gasteiger partial charge in [0.05, 0.1) is 16.6 Å². The Labute approximate surface area is 177 Å². The number of pyridine rings is 2. The normalized spacial score (nSPS) is 11.9. The summed E-state index contributed by atoms with van der Waals surface area (Å²) in [7, 11) is 0. The van der Waals surface area contributed by atoms with Crippen LogP contribution in [0.2, 0.25) is 0 Å². The average Bonchev–Trinajstić information content (AvgIpc) is 2.78. The zero-order valence-electron chi connectivity index (χ0n) is 16.6. The van der Waals surface area contributed by atoms with Crippen LogP contribution in [0.1, 0.15) is 11.1 Å². The van der Waals surface area contributed by atoms with Crippen molar-refractivity contribution in [2.45, 2.75) is 13.1 Å². The van der Waals surface area contributed by atoms with Crippen LogP contribution in [0.4, 0.5) is 13.2 Å². The minimum Gasteiger partial charge on any atom is -0.253 e. The maximum Gasteiger partial charge on any atom is 0.416 e. The number of hydrogen-bond donors (Lipinski definition) is 0. The molecule has 5 heteroatoms. The van der Waals surface area contributed by atoms with Crippen molar-refractivity contribution >= 4 is 21.8 Å². The smallest absolute Gasteiger partial charge is 0.253 e. The van der Waals surface area contributed by atoms with Gasteiger partial charge in [-0.15, -0.1) is 0 Å². The number of fused-ring (bicyclic) bond motifs is 3. The number of nitrogens with zero attached hydrogens (tertiary/aromatic N) is 2. The number of halogens is 3. The van der Waals surface area contributed by atoms with E-state index in [1.165, 1.54) is 17.7 Å². The lowest BCUT2D eigenvalue weighted by Crippen LogP contribution is -2.03. The Hall–Kier alpha value is -3.73. The summed E-state index contributed by atoms with van der Waals surface area (Å²) in [6, 6.07) is 21.4. The van der Waals surface area contributed by atoms with Crippen molar-refractivity contribution in [1.82, 2.24) is 9.97 Å². The quantitative estimate of drug-likeness (QED) is 0.281. The molecule has 0 spiro atoms. The van der Waals surface area contributed by atoms with E-state index in [9.17, 15) is 13.2 Å². The standard InChI is InChI=1S/C26H17F3N2/c1-16-2-4-17(5-3-16)21-12-19-6-7-20-13-22(15-31-25(20)24(19)30-14-21)18-8-10-23(11-9-18)26(27,28)29/h2-15H,1H3. The molecule has 0 radical (unpaired) electrons. The number of rotatable bonds is 2. The summed E-state index contributed by atoms with van der Waals surface area (Å²) < 4.78 is 38.4. The highest BCUT2D eigenvalue weighted by atomic mass is 19.4. The van der Waals surface area contributed by atoms with Gasteiger partial charge >= 0.3 is 6.18 Å². The van der Waals surface area contributed by atoms with Gasteiger partial charge < -0.3 is 0 Å². The van der Waals surface area contributed by atoms with E-state index in [0.717, 1.165) is 50.6 Å². The van der Waals surface area contributed by atoms with Crippen LogP contribution in [0.5, 0.6) is 0 Å². The Bertz CT molecular complexity index is 1400. The summed E-state index contributed by atoms with van der Waals surface area (Å²) >= 11 is 0. The largest absolute Gasteiger partial charge is 0.416 e. The fourth-order valence-electron chi connectivity index (χ4n) is 3.71. The van der Waals surface area contributed by atoms with Crippen molar-refractivity contribution in [1.29, 1.82) is 0 Å². The Kier molecular flexibility index (Phi) is 4.47. The molecule has 5 aromatic rings. The number of benzene rings is 3. The topological polar surface area (TPSA) is 25.8 Å². The molecule has 0 atom stereocenters. The summed E-state index contributed by atoms with van der Waals surface area (Å²) in [6.45, 7) is 2.05. The van der Waals surface area contributed by atoms with Crippen LogP contribution < -0.4 is 0 Å². The molecule has 31 heavy (non-hydrogen) atoms. The zero-order chi connectivity index (χ0) is 21.6. The Morgan fingerprint density at radius 3 is 1.48 bits per heavy atom. The van der Waals surface area contributed by atoms with Crippen molar-refractivity contribution in [3.63, 3.8) is 0 Å². The maximum atomic E-state index is 12.8. The van der Waals surface area contributed by atoms with Crippen molar-refractivity contribution in [3.05, 3.63) is 96.3 Å². The van der Waals surface area contributed by atoms with E-state index in [1.54, 1.807) is 6.20 Å². The summed E-state index contributed by atoms with van der Waals surface area (Å²) in [5, 5.41) is 1.88. The molecule has 0 amide bonds. The zero-order valence-corrected chi connectivity index (χ0v) is 16.6. The fourth-order valence-corrected chi connectivity index (χ4v) is 3.71. The van der Waals surface area contributed by atoms with Crippen LogP contribution in [0.15, 0.2) is 85.2 Å². The van der Waals surface area contributed by atoms with E-state index in [-0.39, 0.29) is 0 Å². The summed E-state index contributed by atoms with van der Waals surface area (Å²) in [5.74, 6) is 0. The first-order valence-corrected chi connectivity index (χ1v) is 9.82. The third-order valence-electron chi connectivity index (χ3n) is 5.43. The highest BCUT2D eigenvalue weighted by Gasteiger charge is 2.29. The van der Waals surface area contributed by atoms with Gasteiger partial charge in [0.15, 0.2) is 0 Å². The van der Waals surface area contributed by atoms with E-state index in [0.29, 0.717) is 5.56 Å². The highest BCUT2D eigenvalue weighted by Crippen LogP contribution is 2.32. The minimum atomic E-state index is -4.35. The van der Waals surface area contributed by atoms with E-state index in [2.05, 4.69) is 47.2 Å². The minimum absolute atomic E-state index is 0.662. The molecule has 0 bridgehead atoms. The van der Waals surface area contributed by atoms with Crippen molar-refractivity contribution in [2.75, 3.05) is 0 Å². The Morgan fingerprint density at radius 2 is 1.03 bits per heavy atom. The molecule has 5 rings (SSSR count). The van der Waals surface area contributed by atoms with Gasteiger partial charge in [0.25, 0.3) is 0 Å². The lowest BCUT2D eigenvalue weighted by molar-refractivity contribution is -0.137. The number of hydrogen-bond acceptors (Lipinski definition) is 2. The third kappa shape index (κ3) is 3.63. The molecule has 2 aromatic heterocycles. The second-order valence-electron chi connectivity index (χ2n) is 7.60. The van der Waals surface area contributed by atoms with Crippen molar-refractivity contribution in [2.24, 2.45) is 0 Å². The van der Waals surface area contributed by atoms with Crippen LogP contribution in [-0.2, 0) is 6.18 Å². The van der Waals surface area contributed by atoms with Gasteiger partial charge in [-0.05, 0) is 42.3 Å². The first kappa shape index (κ1) is 19.2. The molecular formula is C26H17F3N2. The van der Waals surface area contributed by atoms with E-state index in [1.807, 2.05) is 24.4 Å². The van der Waals surface area contributed by atoms with Crippen LogP contribution in [-0.4, -0.2) is 9.97 Å². The highest BCUT2D eigenvalue weighted by molar-refractivity contribution is 6.04. The maximum absolute atomic E-state index is 12.8. The van der Waals surface area contributed by atoms with E-state index >= 15 is 0 Å². The SMILES string of the molecule is Cc1ccc(-c2cnc3c(ccc4cc(-c5ccc(C(F)(F)F)cc5)cnc43)c2)cc1. The molecule has 152 valence electrons. The van der Waals surface area contributed by atoms with Gasteiger partial charge in [0.2, 0.25) is 0 Å². The summed E-state index contributed by atoms with van der Waals surface area (Å²) in [6.07, 6.45) is -0.819. The van der Waals surface area contributed by atoms with Gasteiger partial charge in [-0.3, -0.25) is 9.97 Å². The Balaban J connectivity index is 1.55. The molecular weight excluding hydrogens is 397 g/mol. The van der Waals surface area contributed by atoms with Crippen LogP contribution in [0, 0.1) is 6.92 Å². The Morgan fingerprint density at radius 1 is 0.581 bits per heavy atom. The third-order valence-corrected chi connectivity index (χ3v) is 5.43. The van der Waals surface area contributed by atoms with Crippen molar-refractivity contribution in [3.8, 4) is 22.3 Å². The molecule has 2 heterocycles. The molecule has 0 fully saturated rings. The second-order valence-corrected chi connectivity index (χ2v) is 7.60. The predicted octanol–water partition coefficient (Wildman–Crippen LogP) is 7.44. The number of aromatic nitrogens is 2. The van der Waals surface area contributed by atoms with Gasteiger partial charge in [-0.2, -0.15) is 13.2 Å². The average molecular weight is 414 g/mol. The van der Waals surface area contributed by atoms with Gasteiger partial charge in [0.1, 0.15) is 0 Å². The molecule has 0 aliphatic carbocycles. The molecule has 0 unspecified atom stereocenters. The monoisotopic (exact) mass is 414 g/mol. The predicted molar refractivity (Wildman–Crippen MR) is 118 cm³/mol. The molecule has 0 aliphatic rings. The summed E-state index contributed by atoms with van der Waals surface area (Å²) in [5.41, 5.74) is 5.69. The first-order valence-electron chi connectivity index (χ1n) is 9.82.